The van der Waals surface area contributed by atoms with Crippen molar-refractivity contribution in [1.29, 1.82) is 0 Å². The number of piperidine rings is 1. The summed E-state index contributed by atoms with van der Waals surface area (Å²) < 4.78 is 26.5. The topological polar surface area (TPSA) is 12.0 Å². The molecule has 0 bridgehead atoms. The summed E-state index contributed by atoms with van der Waals surface area (Å²) in [6.07, 6.45) is 0.965. The van der Waals surface area contributed by atoms with Crippen LogP contribution in [0.2, 0.25) is 0 Å². The molecule has 0 aromatic heterocycles. The van der Waals surface area contributed by atoms with Gasteiger partial charge in [0.05, 0.1) is 0 Å². The van der Waals surface area contributed by atoms with Gasteiger partial charge in [-0.1, -0.05) is 6.92 Å². The van der Waals surface area contributed by atoms with Crippen LogP contribution in [0.3, 0.4) is 0 Å². The maximum absolute atomic E-state index is 13.2. The quantitative estimate of drug-likeness (QED) is 0.812. The van der Waals surface area contributed by atoms with Crippen LogP contribution in [0, 0.1) is 23.5 Å². The molecule has 1 N–H and O–H groups in total. The minimum atomic E-state index is -0.458. The molecule has 1 heterocycles. The monoisotopic (exact) mass is 223 g/mol. The normalized spacial score (nSPS) is 36.2. The first-order valence-electron chi connectivity index (χ1n) is 5.85. The summed E-state index contributed by atoms with van der Waals surface area (Å²) in [7, 11) is 0. The molecule has 0 radical (unpaired) electrons. The SMILES string of the molecule is CCC1(c2cc(F)cc(F)c2)[C@@H]2CNC[C@@H]21. The van der Waals surface area contributed by atoms with E-state index in [-0.39, 0.29) is 5.41 Å². The summed E-state index contributed by atoms with van der Waals surface area (Å²) in [5.41, 5.74) is 0.887. The van der Waals surface area contributed by atoms with E-state index in [1.165, 1.54) is 12.1 Å². The predicted octanol–water partition coefficient (Wildman–Crippen LogP) is 2.46. The van der Waals surface area contributed by atoms with Gasteiger partial charge in [-0.25, -0.2) is 8.78 Å². The fraction of sp³-hybridized carbons (Fsp3) is 0.538. The molecule has 1 aliphatic heterocycles. The van der Waals surface area contributed by atoms with Gasteiger partial charge in [-0.05, 0) is 49.0 Å². The van der Waals surface area contributed by atoms with Crippen LogP contribution in [-0.2, 0) is 5.41 Å². The van der Waals surface area contributed by atoms with Crippen LogP contribution in [0.15, 0.2) is 18.2 Å². The molecular weight excluding hydrogens is 208 g/mol. The summed E-state index contributed by atoms with van der Waals surface area (Å²) in [5, 5.41) is 3.32. The number of rotatable bonds is 2. The first-order chi connectivity index (χ1) is 7.68. The highest BCUT2D eigenvalue weighted by Gasteiger charge is 2.65. The molecule has 1 unspecified atom stereocenters. The summed E-state index contributed by atoms with van der Waals surface area (Å²) in [6.45, 7) is 4.08. The molecule has 1 aromatic carbocycles. The van der Waals surface area contributed by atoms with Crippen molar-refractivity contribution >= 4 is 0 Å². The van der Waals surface area contributed by atoms with Gasteiger partial charge in [-0.3, -0.25) is 0 Å². The van der Waals surface area contributed by atoms with Gasteiger partial charge >= 0.3 is 0 Å². The van der Waals surface area contributed by atoms with Crippen LogP contribution in [0.1, 0.15) is 18.9 Å². The lowest BCUT2D eigenvalue weighted by atomic mass is 9.87. The molecule has 1 saturated carbocycles. The zero-order valence-electron chi connectivity index (χ0n) is 9.26. The zero-order chi connectivity index (χ0) is 11.3. The second-order valence-electron chi connectivity index (χ2n) is 4.92. The third-order valence-corrected chi connectivity index (χ3v) is 4.41. The smallest absolute Gasteiger partial charge is 0.126 e. The van der Waals surface area contributed by atoms with E-state index in [0.29, 0.717) is 11.8 Å². The molecule has 1 nitrogen and oxygen atoms in total. The van der Waals surface area contributed by atoms with Crippen LogP contribution in [0.5, 0.6) is 0 Å². The van der Waals surface area contributed by atoms with Gasteiger partial charge in [0.25, 0.3) is 0 Å². The second-order valence-corrected chi connectivity index (χ2v) is 4.92. The lowest BCUT2D eigenvalue weighted by Gasteiger charge is -2.20. The lowest BCUT2D eigenvalue weighted by Crippen LogP contribution is -2.25. The second kappa shape index (κ2) is 3.27. The minimum absolute atomic E-state index is 0.0359. The van der Waals surface area contributed by atoms with Crippen LogP contribution >= 0.6 is 0 Å². The summed E-state index contributed by atoms with van der Waals surface area (Å²) in [6, 6.07) is 3.96. The Labute approximate surface area is 93.9 Å². The van der Waals surface area contributed by atoms with Crippen molar-refractivity contribution < 1.29 is 8.78 Å². The maximum atomic E-state index is 13.2. The van der Waals surface area contributed by atoms with E-state index >= 15 is 0 Å². The highest BCUT2D eigenvalue weighted by atomic mass is 19.1. The van der Waals surface area contributed by atoms with E-state index in [0.717, 1.165) is 31.1 Å². The largest absolute Gasteiger partial charge is 0.316 e. The molecule has 1 saturated heterocycles. The Balaban J connectivity index is 2.02. The van der Waals surface area contributed by atoms with E-state index < -0.39 is 11.6 Å². The molecule has 1 aromatic rings. The molecule has 16 heavy (non-hydrogen) atoms. The molecule has 3 rings (SSSR count). The van der Waals surface area contributed by atoms with E-state index in [1.807, 2.05) is 0 Å². The average molecular weight is 223 g/mol. The molecule has 86 valence electrons. The average Bonchev–Trinajstić information content (AvgIpc) is 2.62. The number of benzene rings is 1. The van der Waals surface area contributed by atoms with E-state index in [1.54, 1.807) is 0 Å². The van der Waals surface area contributed by atoms with Gasteiger partial charge in [-0.2, -0.15) is 0 Å². The Morgan fingerprint density at radius 1 is 1.19 bits per heavy atom. The molecular formula is C13H15F2N. The predicted molar refractivity (Wildman–Crippen MR) is 58.2 cm³/mol. The standard InChI is InChI=1S/C13H15F2N/c1-2-13(11-6-16-7-12(11)13)8-3-9(14)5-10(15)4-8/h3-5,11-12,16H,2,6-7H2,1H3/t11-,12+,13?. The number of hydrogen-bond acceptors (Lipinski definition) is 1. The summed E-state index contributed by atoms with van der Waals surface area (Å²) >= 11 is 0. The zero-order valence-corrected chi connectivity index (χ0v) is 9.26. The highest BCUT2D eigenvalue weighted by Crippen LogP contribution is 2.63. The summed E-state index contributed by atoms with van der Waals surface area (Å²) in [5.74, 6) is 0.221. The van der Waals surface area contributed by atoms with Crippen molar-refractivity contribution in [2.45, 2.75) is 18.8 Å². The fourth-order valence-corrected chi connectivity index (χ4v) is 3.63. The van der Waals surface area contributed by atoms with Crippen LogP contribution < -0.4 is 5.32 Å². The summed E-state index contributed by atoms with van der Waals surface area (Å²) in [4.78, 5) is 0. The number of fused-ring (bicyclic) bond motifs is 1. The molecule has 1 aliphatic carbocycles. The van der Waals surface area contributed by atoms with Gasteiger partial charge in [0.15, 0.2) is 0 Å². The first-order valence-corrected chi connectivity index (χ1v) is 5.85. The van der Waals surface area contributed by atoms with Crippen molar-refractivity contribution in [3.8, 4) is 0 Å². The molecule has 2 fully saturated rings. The van der Waals surface area contributed by atoms with Gasteiger partial charge in [0.2, 0.25) is 0 Å². The van der Waals surface area contributed by atoms with Crippen molar-refractivity contribution in [3.05, 3.63) is 35.4 Å². The van der Waals surface area contributed by atoms with Crippen LogP contribution in [0.4, 0.5) is 8.78 Å². The van der Waals surface area contributed by atoms with E-state index in [2.05, 4.69) is 12.2 Å². The Morgan fingerprint density at radius 3 is 2.25 bits per heavy atom. The Bertz CT molecular complexity index is 400. The highest BCUT2D eigenvalue weighted by molar-refractivity contribution is 5.39. The van der Waals surface area contributed by atoms with Gasteiger partial charge in [0, 0.05) is 11.5 Å². The molecule has 0 amide bonds. The van der Waals surface area contributed by atoms with Crippen molar-refractivity contribution in [3.63, 3.8) is 0 Å². The fourth-order valence-electron chi connectivity index (χ4n) is 3.63. The molecule has 2 aliphatic rings. The van der Waals surface area contributed by atoms with Crippen molar-refractivity contribution in [2.75, 3.05) is 13.1 Å². The van der Waals surface area contributed by atoms with Gasteiger partial charge < -0.3 is 5.32 Å². The number of hydrogen-bond donors (Lipinski definition) is 1. The van der Waals surface area contributed by atoms with Crippen molar-refractivity contribution in [2.24, 2.45) is 11.8 Å². The maximum Gasteiger partial charge on any atom is 0.126 e. The van der Waals surface area contributed by atoms with Crippen LogP contribution in [0.25, 0.3) is 0 Å². The Hall–Kier alpha value is -0.960. The minimum Gasteiger partial charge on any atom is -0.316 e. The number of nitrogens with one attached hydrogen (secondary N) is 1. The molecule has 3 atom stereocenters. The third kappa shape index (κ3) is 1.18. The van der Waals surface area contributed by atoms with E-state index in [9.17, 15) is 8.78 Å². The third-order valence-electron chi connectivity index (χ3n) is 4.41. The van der Waals surface area contributed by atoms with Crippen molar-refractivity contribution in [1.82, 2.24) is 5.32 Å². The first kappa shape index (κ1) is 10.2. The van der Waals surface area contributed by atoms with Gasteiger partial charge in [-0.15, -0.1) is 0 Å². The number of halogens is 2. The van der Waals surface area contributed by atoms with Crippen LogP contribution in [-0.4, -0.2) is 13.1 Å². The Kier molecular flexibility index (Phi) is 2.08. The van der Waals surface area contributed by atoms with E-state index in [4.69, 9.17) is 0 Å². The Morgan fingerprint density at radius 2 is 1.75 bits per heavy atom. The van der Waals surface area contributed by atoms with Gasteiger partial charge in [0.1, 0.15) is 11.6 Å². The molecule has 3 heteroatoms. The molecule has 0 spiro atoms. The lowest BCUT2D eigenvalue weighted by molar-refractivity contribution is 0.491.